The molecule has 0 nitrogen and oxygen atoms in total. The zero-order chi connectivity index (χ0) is 17.1. The molecule has 0 unspecified atom stereocenters. The van der Waals surface area contributed by atoms with Gasteiger partial charge < -0.3 is 0 Å². The van der Waals surface area contributed by atoms with Crippen LogP contribution in [-0.4, -0.2) is 0 Å². The summed E-state index contributed by atoms with van der Waals surface area (Å²) >= 11 is 5.76. The summed E-state index contributed by atoms with van der Waals surface area (Å²) < 4.78 is 28.5. The second-order valence-electron chi connectivity index (χ2n) is 5.77. The van der Waals surface area contributed by atoms with Crippen molar-refractivity contribution >= 4 is 11.6 Å². The number of halogens is 3. The Morgan fingerprint density at radius 3 is 1.96 bits per heavy atom. The van der Waals surface area contributed by atoms with Crippen LogP contribution in [-0.2, 0) is 6.42 Å². The van der Waals surface area contributed by atoms with E-state index in [0.29, 0.717) is 21.7 Å². The molecule has 0 saturated heterocycles. The third-order valence-corrected chi connectivity index (χ3v) is 4.25. The Labute approximate surface area is 145 Å². The highest BCUT2D eigenvalue weighted by Gasteiger charge is 2.10. The minimum absolute atomic E-state index is 0.320. The molecule has 0 aliphatic rings. The van der Waals surface area contributed by atoms with Crippen LogP contribution in [0.25, 0.3) is 22.3 Å². The van der Waals surface area contributed by atoms with Gasteiger partial charge in [0.15, 0.2) is 0 Å². The second-order valence-corrected chi connectivity index (χ2v) is 6.20. The molecule has 0 atom stereocenters. The van der Waals surface area contributed by atoms with E-state index in [-0.39, 0.29) is 5.82 Å². The largest absolute Gasteiger partial charge is 0.206 e. The van der Waals surface area contributed by atoms with Crippen molar-refractivity contribution in [2.45, 2.75) is 19.8 Å². The summed E-state index contributed by atoms with van der Waals surface area (Å²) in [5.41, 5.74) is 3.39. The highest BCUT2D eigenvalue weighted by Crippen LogP contribution is 2.30. The summed E-state index contributed by atoms with van der Waals surface area (Å²) in [6, 6.07) is 17.0. The van der Waals surface area contributed by atoms with E-state index >= 15 is 0 Å². The summed E-state index contributed by atoms with van der Waals surface area (Å²) in [4.78, 5) is 0. The zero-order valence-electron chi connectivity index (χ0n) is 13.3. The number of benzene rings is 3. The Hall–Kier alpha value is -2.19. The minimum atomic E-state index is -0.460. The van der Waals surface area contributed by atoms with Crippen LogP contribution in [0.4, 0.5) is 8.78 Å². The number of rotatable bonds is 4. The molecule has 0 N–H and O–H groups in total. The van der Waals surface area contributed by atoms with E-state index < -0.39 is 5.82 Å². The summed E-state index contributed by atoms with van der Waals surface area (Å²) in [5.74, 6) is -0.830. The number of hydrogen-bond acceptors (Lipinski definition) is 0. The monoisotopic (exact) mass is 342 g/mol. The lowest BCUT2D eigenvalue weighted by Gasteiger charge is -2.09. The lowest BCUT2D eigenvalue weighted by molar-refractivity contribution is 0.626. The molecule has 0 amide bonds. The van der Waals surface area contributed by atoms with Gasteiger partial charge >= 0.3 is 0 Å². The molecule has 0 aromatic heterocycles. The maximum atomic E-state index is 14.5. The van der Waals surface area contributed by atoms with Gasteiger partial charge in [-0.3, -0.25) is 0 Å². The Morgan fingerprint density at radius 2 is 1.33 bits per heavy atom. The average Bonchev–Trinajstić information content (AvgIpc) is 2.56. The van der Waals surface area contributed by atoms with E-state index in [2.05, 4.69) is 6.92 Å². The van der Waals surface area contributed by atoms with Crippen LogP contribution in [0.1, 0.15) is 18.9 Å². The van der Waals surface area contributed by atoms with Crippen molar-refractivity contribution in [2.75, 3.05) is 0 Å². The topological polar surface area (TPSA) is 0 Å². The van der Waals surface area contributed by atoms with Gasteiger partial charge in [-0.2, -0.15) is 0 Å². The van der Waals surface area contributed by atoms with Crippen LogP contribution >= 0.6 is 11.6 Å². The SMILES string of the molecule is CCCc1ccc(-c2ccc(-c3ccc(Cl)cc3F)cc2F)cc1. The fourth-order valence-electron chi connectivity index (χ4n) is 2.78. The normalized spacial score (nSPS) is 10.8. The summed E-state index contributed by atoms with van der Waals surface area (Å²) in [5, 5.41) is 0.320. The van der Waals surface area contributed by atoms with Crippen molar-refractivity contribution in [3.63, 3.8) is 0 Å². The van der Waals surface area contributed by atoms with Crippen molar-refractivity contribution in [3.8, 4) is 22.3 Å². The minimum Gasteiger partial charge on any atom is -0.206 e. The summed E-state index contributed by atoms with van der Waals surface area (Å²) in [6.45, 7) is 2.13. The standard InChI is InChI=1S/C21H17ClF2/c1-2-3-14-4-6-15(7-5-14)18-10-8-16(12-20(18)23)19-11-9-17(22)13-21(19)24/h4-13H,2-3H2,1H3. The number of aryl methyl sites for hydroxylation is 1. The van der Waals surface area contributed by atoms with Crippen molar-refractivity contribution in [1.29, 1.82) is 0 Å². The van der Waals surface area contributed by atoms with Crippen LogP contribution in [0.5, 0.6) is 0 Å². The molecular weight excluding hydrogens is 326 g/mol. The van der Waals surface area contributed by atoms with E-state index in [0.717, 1.165) is 18.4 Å². The summed E-state index contributed by atoms with van der Waals surface area (Å²) in [7, 11) is 0. The van der Waals surface area contributed by atoms with Gasteiger partial charge in [0.05, 0.1) is 0 Å². The highest BCUT2D eigenvalue weighted by atomic mass is 35.5. The molecule has 24 heavy (non-hydrogen) atoms. The Kier molecular flexibility index (Phi) is 4.96. The molecule has 0 aliphatic carbocycles. The molecule has 0 aliphatic heterocycles. The highest BCUT2D eigenvalue weighted by molar-refractivity contribution is 6.30. The number of hydrogen-bond donors (Lipinski definition) is 0. The van der Waals surface area contributed by atoms with Crippen molar-refractivity contribution in [3.05, 3.63) is 82.9 Å². The molecule has 3 aromatic carbocycles. The van der Waals surface area contributed by atoms with E-state index in [1.807, 2.05) is 24.3 Å². The lowest BCUT2D eigenvalue weighted by Crippen LogP contribution is -1.90. The van der Waals surface area contributed by atoms with Gasteiger partial charge in [-0.05, 0) is 47.4 Å². The predicted octanol–water partition coefficient (Wildman–Crippen LogP) is 6.90. The molecule has 0 fully saturated rings. The van der Waals surface area contributed by atoms with E-state index in [1.165, 1.54) is 17.7 Å². The first kappa shape index (κ1) is 16.7. The molecule has 0 radical (unpaired) electrons. The van der Waals surface area contributed by atoms with E-state index in [1.54, 1.807) is 24.3 Å². The van der Waals surface area contributed by atoms with Gasteiger partial charge in [-0.15, -0.1) is 0 Å². The molecule has 3 heteroatoms. The first-order valence-corrected chi connectivity index (χ1v) is 8.30. The molecule has 0 bridgehead atoms. The van der Waals surface area contributed by atoms with Gasteiger partial charge in [-0.25, -0.2) is 8.78 Å². The van der Waals surface area contributed by atoms with Crippen molar-refractivity contribution in [2.24, 2.45) is 0 Å². The van der Waals surface area contributed by atoms with E-state index in [4.69, 9.17) is 11.6 Å². The predicted molar refractivity (Wildman–Crippen MR) is 96.2 cm³/mol. The van der Waals surface area contributed by atoms with Crippen molar-refractivity contribution < 1.29 is 8.78 Å². The summed E-state index contributed by atoms with van der Waals surface area (Å²) in [6.07, 6.45) is 2.09. The Balaban J connectivity index is 1.95. The van der Waals surface area contributed by atoms with Crippen LogP contribution in [0.2, 0.25) is 5.02 Å². The molecule has 3 aromatic rings. The van der Waals surface area contributed by atoms with E-state index in [9.17, 15) is 8.78 Å². The van der Waals surface area contributed by atoms with Gasteiger partial charge in [0, 0.05) is 16.1 Å². The van der Waals surface area contributed by atoms with Crippen LogP contribution < -0.4 is 0 Å². The van der Waals surface area contributed by atoms with Gasteiger partial charge in [0.2, 0.25) is 0 Å². The van der Waals surface area contributed by atoms with Crippen molar-refractivity contribution in [1.82, 2.24) is 0 Å². The quantitative estimate of drug-likeness (QED) is 0.483. The van der Waals surface area contributed by atoms with Crippen LogP contribution in [0, 0.1) is 11.6 Å². The average molecular weight is 343 g/mol. The van der Waals surface area contributed by atoms with Gasteiger partial charge in [0.25, 0.3) is 0 Å². The molecular formula is C21H17ClF2. The second kappa shape index (κ2) is 7.14. The fourth-order valence-corrected chi connectivity index (χ4v) is 2.94. The molecule has 0 spiro atoms. The maximum absolute atomic E-state index is 14.5. The maximum Gasteiger partial charge on any atom is 0.132 e. The zero-order valence-corrected chi connectivity index (χ0v) is 14.1. The first-order valence-electron chi connectivity index (χ1n) is 7.93. The molecule has 122 valence electrons. The Morgan fingerprint density at radius 1 is 0.750 bits per heavy atom. The molecule has 0 saturated carbocycles. The Bertz CT molecular complexity index is 854. The lowest BCUT2D eigenvalue weighted by atomic mass is 9.98. The van der Waals surface area contributed by atoms with Crippen LogP contribution in [0.15, 0.2) is 60.7 Å². The van der Waals surface area contributed by atoms with Gasteiger partial charge in [0.1, 0.15) is 11.6 Å². The fraction of sp³-hybridized carbons (Fsp3) is 0.143. The third kappa shape index (κ3) is 3.49. The third-order valence-electron chi connectivity index (χ3n) is 4.01. The molecule has 0 heterocycles. The van der Waals surface area contributed by atoms with Crippen LogP contribution in [0.3, 0.4) is 0 Å². The smallest absolute Gasteiger partial charge is 0.132 e. The van der Waals surface area contributed by atoms with Gasteiger partial charge in [-0.1, -0.05) is 61.3 Å². The first-order chi connectivity index (χ1) is 11.6. The molecule has 3 rings (SSSR count).